The zero-order chi connectivity index (χ0) is 15.7. The normalized spacial score (nSPS) is 27.2. The number of nitrogens with one attached hydrogen (secondary N) is 1. The van der Waals surface area contributed by atoms with Crippen molar-refractivity contribution in [2.45, 2.75) is 58.7 Å². The van der Waals surface area contributed by atoms with Gasteiger partial charge in [-0.15, -0.1) is 0 Å². The Hall–Kier alpha value is -1.59. The van der Waals surface area contributed by atoms with Crippen molar-refractivity contribution in [3.05, 3.63) is 0 Å². The van der Waals surface area contributed by atoms with E-state index in [1.807, 2.05) is 34.6 Å². The molecule has 20 heavy (non-hydrogen) atoms. The Kier molecular flexibility index (Phi) is 4.46. The first-order valence-corrected chi connectivity index (χ1v) is 6.77. The standard InChI is InChI=1S/C14H24N2O4/c1-9(2)10-7-20-12(19)14(6,16(10)8-17)11(18)15-13(3,4)5/h8-10H,7H2,1-6H3,(H,15,18)/t10-,14+/m1/s1. The molecule has 0 unspecified atom stereocenters. The van der Waals surface area contributed by atoms with E-state index in [2.05, 4.69) is 5.32 Å². The van der Waals surface area contributed by atoms with Crippen molar-refractivity contribution >= 4 is 18.3 Å². The first-order valence-electron chi connectivity index (χ1n) is 6.77. The molecule has 2 amide bonds. The van der Waals surface area contributed by atoms with Crippen molar-refractivity contribution in [3.63, 3.8) is 0 Å². The van der Waals surface area contributed by atoms with E-state index in [0.717, 1.165) is 0 Å². The van der Waals surface area contributed by atoms with Gasteiger partial charge < -0.3 is 15.0 Å². The zero-order valence-electron chi connectivity index (χ0n) is 13.0. The van der Waals surface area contributed by atoms with Crippen molar-refractivity contribution in [2.24, 2.45) is 5.92 Å². The van der Waals surface area contributed by atoms with Gasteiger partial charge in [-0.05, 0) is 33.6 Å². The molecule has 1 aliphatic rings. The SMILES string of the molecule is CC(C)[C@H]1COC(=O)[C@](C)(C(=O)NC(C)(C)C)N1C=O. The minimum Gasteiger partial charge on any atom is -0.461 e. The smallest absolute Gasteiger partial charge is 0.341 e. The number of ether oxygens (including phenoxy) is 1. The van der Waals surface area contributed by atoms with E-state index in [-0.39, 0.29) is 18.6 Å². The highest BCUT2D eigenvalue weighted by Gasteiger charge is 2.54. The summed E-state index contributed by atoms with van der Waals surface area (Å²) in [6.45, 7) is 10.8. The Morgan fingerprint density at radius 2 is 2.05 bits per heavy atom. The summed E-state index contributed by atoms with van der Waals surface area (Å²) < 4.78 is 5.13. The summed E-state index contributed by atoms with van der Waals surface area (Å²) in [5.74, 6) is -1.13. The molecule has 0 spiro atoms. The Bertz CT molecular complexity index is 414. The zero-order valence-corrected chi connectivity index (χ0v) is 13.0. The fourth-order valence-electron chi connectivity index (χ4n) is 2.19. The van der Waals surface area contributed by atoms with Gasteiger partial charge in [-0.25, -0.2) is 4.79 Å². The Morgan fingerprint density at radius 3 is 2.45 bits per heavy atom. The van der Waals surface area contributed by atoms with E-state index in [1.54, 1.807) is 0 Å². The van der Waals surface area contributed by atoms with E-state index in [4.69, 9.17) is 4.74 Å². The van der Waals surface area contributed by atoms with E-state index >= 15 is 0 Å². The second-order valence-electron chi connectivity index (χ2n) is 6.70. The summed E-state index contributed by atoms with van der Waals surface area (Å²) in [6, 6.07) is -0.305. The Morgan fingerprint density at radius 1 is 1.50 bits per heavy atom. The molecular weight excluding hydrogens is 260 g/mol. The molecule has 0 aromatic carbocycles. The van der Waals surface area contributed by atoms with Crippen LogP contribution in [0.2, 0.25) is 0 Å². The first-order chi connectivity index (χ1) is 9.04. The van der Waals surface area contributed by atoms with Gasteiger partial charge in [-0.2, -0.15) is 0 Å². The summed E-state index contributed by atoms with van der Waals surface area (Å²) in [6.07, 6.45) is 0.563. The quantitative estimate of drug-likeness (QED) is 0.470. The molecule has 0 saturated carbocycles. The van der Waals surface area contributed by atoms with Crippen LogP contribution in [0.15, 0.2) is 0 Å². The minimum absolute atomic E-state index is 0.0788. The molecule has 1 rings (SSSR count). The third-order valence-electron chi connectivity index (χ3n) is 3.47. The van der Waals surface area contributed by atoms with Gasteiger partial charge in [0.25, 0.3) is 5.91 Å². The molecule has 1 saturated heterocycles. The number of hydrogen-bond acceptors (Lipinski definition) is 4. The molecule has 1 fully saturated rings. The van der Waals surface area contributed by atoms with E-state index in [9.17, 15) is 14.4 Å². The van der Waals surface area contributed by atoms with Crippen molar-refractivity contribution < 1.29 is 19.1 Å². The fourth-order valence-corrected chi connectivity index (χ4v) is 2.19. The van der Waals surface area contributed by atoms with Crippen LogP contribution in [0.3, 0.4) is 0 Å². The first kappa shape index (κ1) is 16.5. The van der Waals surface area contributed by atoms with Gasteiger partial charge in [-0.1, -0.05) is 13.8 Å². The summed E-state index contributed by atoms with van der Waals surface area (Å²) in [4.78, 5) is 37.3. The lowest BCUT2D eigenvalue weighted by molar-refractivity contribution is -0.182. The van der Waals surface area contributed by atoms with Crippen molar-refractivity contribution in [3.8, 4) is 0 Å². The van der Waals surface area contributed by atoms with Crippen molar-refractivity contribution in [2.75, 3.05) is 6.61 Å². The van der Waals surface area contributed by atoms with Crippen LogP contribution in [-0.4, -0.2) is 46.9 Å². The van der Waals surface area contributed by atoms with Crippen LogP contribution < -0.4 is 5.32 Å². The molecule has 6 heteroatoms. The van der Waals surface area contributed by atoms with Crippen molar-refractivity contribution in [1.82, 2.24) is 10.2 Å². The van der Waals surface area contributed by atoms with Crippen LogP contribution in [0.25, 0.3) is 0 Å². The number of hydrogen-bond donors (Lipinski definition) is 1. The number of rotatable bonds is 3. The minimum atomic E-state index is -1.62. The second kappa shape index (κ2) is 5.42. The van der Waals surface area contributed by atoms with E-state index < -0.39 is 23.0 Å². The monoisotopic (exact) mass is 284 g/mol. The topological polar surface area (TPSA) is 75.7 Å². The van der Waals surface area contributed by atoms with E-state index in [1.165, 1.54) is 11.8 Å². The highest BCUT2D eigenvalue weighted by molar-refractivity contribution is 6.09. The molecule has 114 valence electrons. The number of carbonyl (C=O) groups is 3. The van der Waals surface area contributed by atoms with Gasteiger partial charge >= 0.3 is 5.97 Å². The predicted molar refractivity (Wildman–Crippen MR) is 73.8 cm³/mol. The maximum Gasteiger partial charge on any atom is 0.341 e. The second-order valence-corrected chi connectivity index (χ2v) is 6.70. The van der Waals surface area contributed by atoms with Gasteiger partial charge in [0.05, 0.1) is 6.04 Å². The summed E-state index contributed by atoms with van der Waals surface area (Å²) in [5, 5.41) is 2.74. The van der Waals surface area contributed by atoms with E-state index in [0.29, 0.717) is 6.41 Å². The molecule has 0 aromatic rings. The number of esters is 1. The molecule has 0 radical (unpaired) electrons. The molecule has 0 bridgehead atoms. The lowest BCUT2D eigenvalue weighted by Crippen LogP contribution is -2.70. The molecule has 1 aliphatic heterocycles. The third kappa shape index (κ3) is 2.94. The number of nitrogens with zero attached hydrogens (tertiary/aromatic N) is 1. The van der Waals surface area contributed by atoms with Crippen LogP contribution >= 0.6 is 0 Å². The summed E-state index contributed by atoms with van der Waals surface area (Å²) in [7, 11) is 0. The maximum absolute atomic E-state index is 12.5. The van der Waals surface area contributed by atoms with Gasteiger partial charge in [0, 0.05) is 5.54 Å². The fraction of sp³-hybridized carbons (Fsp3) is 0.786. The number of cyclic esters (lactones) is 1. The van der Waals surface area contributed by atoms with Crippen LogP contribution in [0.5, 0.6) is 0 Å². The van der Waals surface area contributed by atoms with Gasteiger partial charge in [0.1, 0.15) is 6.61 Å². The number of carbonyl (C=O) groups excluding carboxylic acids is 3. The van der Waals surface area contributed by atoms with Crippen molar-refractivity contribution in [1.29, 1.82) is 0 Å². The molecule has 2 atom stereocenters. The highest BCUT2D eigenvalue weighted by atomic mass is 16.5. The van der Waals surface area contributed by atoms with Crippen LogP contribution in [0.1, 0.15) is 41.5 Å². The molecule has 1 N–H and O–H groups in total. The predicted octanol–water partition coefficient (Wildman–Crippen LogP) is 0.700. The lowest BCUT2D eigenvalue weighted by atomic mass is 9.90. The number of amides is 2. The molecule has 6 nitrogen and oxygen atoms in total. The molecule has 0 aliphatic carbocycles. The molecule has 1 heterocycles. The molecule has 0 aromatic heterocycles. The average molecular weight is 284 g/mol. The average Bonchev–Trinajstić information content (AvgIpc) is 2.29. The summed E-state index contributed by atoms with van der Waals surface area (Å²) in [5.41, 5.74) is -2.12. The molecular formula is C14H24N2O4. The number of morpholine rings is 1. The largest absolute Gasteiger partial charge is 0.461 e. The van der Waals surface area contributed by atoms with Crippen LogP contribution in [-0.2, 0) is 19.1 Å². The van der Waals surface area contributed by atoms with Gasteiger partial charge in [0.15, 0.2) is 0 Å². The van der Waals surface area contributed by atoms with Gasteiger partial charge in [-0.3, -0.25) is 9.59 Å². The van der Waals surface area contributed by atoms with Crippen LogP contribution in [0.4, 0.5) is 0 Å². The summed E-state index contributed by atoms with van der Waals surface area (Å²) >= 11 is 0. The Balaban J connectivity index is 3.16. The van der Waals surface area contributed by atoms with Crippen LogP contribution in [0, 0.1) is 5.92 Å². The third-order valence-corrected chi connectivity index (χ3v) is 3.47. The Labute approximate surface area is 119 Å². The highest BCUT2D eigenvalue weighted by Crippen LogP contribution is 2.28. The maximum atomic E-state index is 12.5. The lowest BCUT2D eigenvalue weighted by Gasteiger charge is -2.46. The van der Waals surface area contributed by atoms with Gasteiger partial charge in [0.2, 0.25) is 11.9 Å².